The molecule has 6 nitrogen and oxygen atoms in total. The number of rotatable bonds is 4. The van der Waals surface area contributed by atoms with Gasteiger partial charge in [0, 0.05) is 47.5 Å². The van der Waals surface area contributed by atoms with Crippen molar-refractivity contribution in [3.8, 4) is 0 Å². The Hall–Kier alpha value is -2.34. The lowest BCUT2D eigenvalue weighted by Gasteiger charge is -2.36. The third-order valence-corrected chi connectivity index (χ3v) is 6.69. The minimum Gasteiger partial charge on any atom is -0.444 e. The van der Waals surface area contributed by atoms with Gasteiger partial charge >= 0.3 is 12.3 Å². The Kier molecular flexibility index (Phi) is 8.36. The Morgan fingerprint density at radius 2 is 1.69 bits per heavy atom. The molecule has 0 atom stereocenters. The van der Waals surface area contributed by atoms with Gasteiger partial charge in [-0.3, -0.25) is 9.69 Å². The van der Waals surface area contributed by atoms with Crippen molar-refractivity contribution in [1.82, 2.24) is 9.80 Å². The maximum Gasteiger partial charge on any atom is 0.416 e. The van der Waals surface area contributed by atoms with Crippen LogP contribution >= 0.6 is 22.6 Å². The van der Waals surface area contributed by atoms with Crippen LogP contribution in [0, 0.1) is 10.5 Å². The van der Waals surface area contributed by atoms with Crippen LogP contribution in [0.3, 0.4) is 0 Å². The second-order valence-electron chi connectivity index (χ2n) is 9.53. The number of aryl methyl sites for hydroxylation is 1. The zero-order chi connectivity index (χ0) is 26.0. The predicted molar refractivity (Wildman–Crippen MR) is 136 cm³/mol. The third-order valence-electron chi connectivity index (χ3n) is 5.53. The Labute approximate surface area is 216 Å². The van der Waals surface area contributed by atoms with Crippen LogP contribution in [0.15, 0.2) is 36.4 Å². The fourth-order valence-corrected chi connectivity index (χ4v) is 4.16. The first-order valence-electron chi connectivity index (χ1n) is 11.2. The molecule has 1 saturated heterocycles. The van der Waals surface area contributed by atoms with Crippen molar-refractivity contribution in [3.63, 3.8) is 0 Å². The molecule has 2 aromatic carbocycles. The first-order valence-corrected chi connectivity index (χ1v) is 12.3. The summed E-state index contributed by atoms with van der Waals surface area (Å²) in [7, 11) is 0. The lowest BCUT2D eigenvalue weighted by atomic mass is 10.0. The van der Waals surface area contributed by atoms with Gasteiger partial charge in [-0.1, -0.05) is 12.1 Å². The number of carbonyl (C=O) groups excluding carboxylic acids is 2. The molecule has 1 aliphatic rings. The van der Waals surface area contributed by atoms with E-state index >= 15 is 0 Å². The average Bonchev–Trinajstić information content (AvgIpc) is 2.75. The third kappa shape index (κ3) is 7.57. The fourth-order valence-electron chi connectivity index (χ4n) is 3.65. The van der Waals surface area contributed by atoms with E-state index in [1.54, 1.807) is 43.9 Å². The highest BCUT2D eigenvalue weighted by Crippen LogP contribution is 2.35. The Bertz CT molecular complexity index is 1090. The van der Waals surface area contributed by atoms with Crippen molar-refractivity contribution >= 4 is 40.3 Å². The summed E-state index contributed by atoms with van der Waals surface area (Å²) in [5.74, 6) is -0.470. The summed E-state index contributed by atoms with van der Waals surface area (Å²) in [6, 6.07) is 8.99. The lowest BCUT2D eigenvalue weighted by Crippen LogP contribution is -2.49. The summed E-state index contributed by atoms with van der Waals surface area (Å²) in [6.07, 6.45) is -5.00. The van der Waals surface area contributed by atoms with Gasteiger partial charge in [0.25, 0.3) is 5.91 Å². The van der Waals surface area contributed by atoms with Crippen molar-refractivity contribution < 1.29 is 27.5 Å². The maximum absolute atomic E-state index is 13.9. The monoisotopic (exact) mass is 603 g/mol. The van der Waals surface area contributed by atoms with Gasteiger partial charge in [-0.15, -0.1) is 0 Å². The van der Waals surface area contributed by atoms with Crippen LogP contribution in [0.2, 0.25) is 0 Å². The number of hydrogen-bond donors (Lipinski definition) is 1. The number of benzene rings is 2. The molecule has 1 aliphatic heterocycles. The van der Waals surface area contributed by atoms with E-state index in [1.165, 1.54) is 12.1 Å². The van der Waals surface area contributed by atoms with Gasteiger partial charge in [0.2, 0.25) is 0 Å². The van der Waals surface area contributed by atoms with Gasteiger partial charge in [-0.05, 0) is 85.7 Å². The van der Waals surface area contributed by atoms with Gasteiger partial charge in [0.1, 0.15) is 5.60 Å². The summed E-state index contributed by atoms with van der Waals surface area (Å²) >= 11 is 2.11. The van der Waals surface area contributed by atoms with Gasteiger partial charge in [-0.2, -0.15) is 13.2 Å². The van der Waals surface area contributed by atoms with Gasteiger partial charge in [-0.25, -0.2) is 4.79 Å². The number of hydrogen-bond acceptors (Lipinski definition) is 4. The van der Waals surface area contributed by atoms with E-state index in [4.69, 9.17) is 4.74 Å². The summed E-state index contributed by atoms with van der Waals surface area (Å²) in [6.45, 7) is 8.96. The van der Waals surface area contributed by atoms with Crippen LogP contribution in [0.25, 0.3) is 0 Å². The van der Waals surface area contributed by atoms with Gasteiger partial charge in [0.05, 0.1) is 5.56 Å². The molecule has 0 radical (unpaired) electrons. The van der Waals surface area contributed by atoms with E-state index in [-0.39, 0.29) is 17.8 Å². The quantitative estimate of drug-likeness (QED) is 0.441. The van der Waals surface area contributed by atoms with E-state index in [1.807, 2.05) is 11.8 Å². The number of halogens is 4. The first-order chi connectivity index (χ1) is 16.2. The summed E-state index contributed by atoms with van der Waals surface area (Å²) in [5.41, 5.74) is 0.189. The highest BCUT2D eigenvalue weighted by molar-refractivity contribution is 14.1. The predicted octanol–water partition coefficient (Wildman–Crippen LogP) is 5.92. The standard InChI is InChI=1S/C25H29F3IN3O3/c1-16-5-6-17(13-21(16)29)22(33)30-19-8-7-18(20(14-19)25(26,27)28)15-31-9-11-32(12-10-31)23(34)35-24(2,3)4/h5-8,13-14H,9-12,15H2,1-4H3,(H,30,33). The summed E-state index contributed by atoms with van der Waals surface area (Å²) < 4.78 is 47.9. The smallest absolute Gasteiger partial charge is 0.416 e. The van der Waals surface area contributed by atoms with E-state index in [0.717, 1.165) is 15.2 Å². The largest absolute Gasteiger partial charge is 0.444 e. The minimum absolute atomic E-state index is 0.0800. The zero-order valence-corrected chi connectivity index (χ0v) is 22.3. The highest BCUT2D eigenvalue weighted by atomic mass is 127. The maximum atomic E-state index is 13.9. The fraction of sp³-hybridized carbons (Fsp3) is 0.440. The second-order valence-corrected chi connectivity index (χ2v) is 10.7. The molecule has 0 bridgehead atoms. The van der Waals surface area contributed by atoms with E-state index < -0.39 is 29.3 Å². The number of carbonyl (C=O) groups is 2. The molecule has 0 saturated carbocycles. The van der Waals surface area contributed by atoms with Crippen molar-refractivity contribution in [2.45, 2.75) is 46.0 Å². The normalized spacial score (nSPS) is 15.1. The molecular formula is C25H29F3IN3O3. The van der Waals surface area contributed by atoms with Crippen LogP contribution in [0.5, 0.6) is 0 Å². The Balaban J connectivity index is 1.69. The van der Waals surface area contributed by atoms with Crippen LogP contribution in [0.4, 0.5) is 23.7 Å². The lowest BCUT2D eigenvalue weighted by molar-refractivity contribution is -0.138. The van der Waals surface area contributed by atoms with Crippen LogP contribution in [0.1, 0.15) is 47.8 Å². The molecule has 1 fully saturated rings. The number of ether oxygens (including phenoxy) is 1. The first kappa shape index (κ1) is 27.3. The number of piperazine rings is 1. The van der Waals surface area contributed by atoms with Crippen LogP contribution in [-0.2, 0) is 17.5 Å². The zero-order valence-electron chi connectivity index (χ0n) is 20.1. The Morgan fingerprint density at radius 1 is 1.03 bits per heavy atom. The topological polar surface area (TPSA) is 61.9 Å². The molecule has 1 heterocycles. The second kappa shape index (κ2) is 10.7. The molecule has 0 spiro atoms. The molecule has 0 aliphatic carbocycles. The van der Waals surface area contributed by atoms with Crippen molar-refractivity contribution in [3.05, 3.63) is 62.2 Å². The van der Waals surface area contributed by atoms with E-state index in [0.29, 0.717) is 31.7 Å². The molecule has 1 N–H and O–H groups in total. The molecule has 2 amide bonds. The van der Waals surface area contributed by atoms with Crippen molar-refractivity contribution in [1.29, 1.82) is 0 Å². The summed E-state index contributed by atoms with van der Waals surface area (Å²) in [5, 5.41) is 2.57. The molecular weight excluding hydrogens is 574 g/mol. The number of nitrogens with zero attached hydrogens (tertiary/aromatic N) is 2. The molecule has 35 heavy (non-hydrogen) atoms. The molecule has 0 unspecified atom stereocenters. The molecule has 3 rings (SSSR count). The van der Waals surface area contributed by atoms with Crippen LogP contribution in [-0.4, -0.2) is 53.6 Å². The molecule has 190 valence electrons. The van der Waals surface area contributed by atoms with Crippen molar-refractivity contribution in [2.24, 2.45) is 0 Å². The van der Waals surface area contributed by atoms with E-state index in [9.17, 15) is 22.8 Å². The number of alkyl halides is 3. The molecule has 2 aromatic rings. The van der Waals surface area contributed by atoms with Gasteiger partial charge < -0.3 is 15.0 Å². The number of amides is 2. The minimum atomic E-state index is -4.58. The van der Waals surface area contributed by atoms with Crippen LogP contribution < -0.4 is 5.32 Å². The number of anilines is 1. The van der Waals surface area contributed by atoms with Gasteiger partial charge in [0.15, 0.2) is 0 Å². The SMILES string of the molecule is Cc1ccc(C(=O)Nc2ccc(CN3CCN(C(=O)OC(C)(C)C)CC3)c(C(F)(F)F)c2)cc1I. The molecule has 0 aromatic heterocycles. The number of nitrogens with one attached hydrogen (secondary N) is 1. The summed E-state index contributed by atoms with van der Waals surface area (Å²) in [4.78, 5) is 28.2. The molecule has 10 heteroatoms. The average molecular weight is 603 g/mol. The Morgan fingerprint density at radius 3 is 2.26 bits per heavy atom. The highest BCUT2D eigenvalue weighted by Gasteiger charge is 2.35. The van der Waals surface area contributed by atoms with E-state index in [2.05, 4.69) is 27.9 Å². The van der Waals surface area contributed by atoms with Crippen molar-refractivity contribution in [2.75, 3.05) is 31.5 Å².